The predicted octanol–water partition coefficient (Wildman–Crippen LogP) is 3.56. The molecule has 2 aliphatic rings. The average molecular weight is 311 g/mol. The van der Waals surface area contributed by atoms with E-state index in [0.717, 1.165) is 25.7 Å². The number of nitrogens with zero attached hydrogens (tertiary/aromatic N) is 1. The fourth-order valence-electron chi connectivity index (χ4n) is 3.21. The Morgan fingerprint density at radius 1 is 1.05 bits per heavy atom. The monoisotopic (exact) mass is 311 g/mol. The number of hydrogen-bond acceptors (Lipinski definition) is 2. The molecule has 3 nitrogen and oxygen atoms in total. The standard InChI is InChI=1S/C16H22FNO2S/c17-15-8-4-5-9-16(15)21(19,20)18(14-10-11-14)12-13-6-2-1-3-7-13/h4-5,8-9,13-14H,1-3,6-7,10-12H2. The first-order chi connectivity index (χ1) is 10.1. The van der Waals surface area contributed by atoms with Crippen LogP contribution in [-0.2, 0) is 10.0 Å². The molecule has 1 aromatic rings. The molecule has 2 aliphatic carbocycles. The molecule has 0 unspecified atom stereocenters. The molecule has 0 bridgehead atoms. The molecular weight excluding hydrogens is 289 g/mol. The van der Waals surface area contributed by atoms with E-state index in [0.29, 0.717) is 12.5 Å². The maximum atomic E-state index is 13.9. The van der Waals surface area contributed by atoms with E-state index in [9.17, 15) is 12.8 Å². The second-order valence-corrected chi connectivity index (χ2v) is 8.10. The third-order valence-corrected chi connectivity index (χ3v) is 6.49. The van der Waals surface area contributed by atoms with E-state index in [2.05, 4.69) is 0 Å². The summed E-state index contributed by atoms with van der Waals surface area (Å²) in [6, 6.07) is 5.79. The van der Waals surface area contributed by atoms with Gasteiger partial charge in [0.15, 0.2) is 0 Å². The molecule has 0 saturated heterocycles. The van der Waals surface area contributed by atoms with Crippen molar-refractivity contribution in [2.24, 2.45) is 5.92 Å². The largest absolute Gasteiger partial charge is 0.246 e. The van der Waals surface area contributed by atoms with Gasteiger partial charge in [0.2, 0.25) is 10.0 Å². The number of benzene rings is 1. The average Bonchev–Trinajstić information content (AvgIpc) is 3.30. The van der Waals surface area contributed by atoms with Crippen LogP contribution >= 0.6 is 0 Å². The summed E-state index contributed by atoms with van der Waals surface area (Å²) in [6.07, 6.45) is 7.61. The topological polar surface area (TPSA) is 37.4 Å². The minimum atomic E-state index is -3.71. The predicted molar refractivity (Wildman–Crippen MR) is 79.9 cm³/mol. The Morgan fingerprint density at radius 3 is 2.33 bits per heavy atom. The van der Waals surface area contributed by atoms with Crippen LogP contribution in [0.3, 0.4) is 0 Å². The first kappa shape index (κ1) is 15.0. The quantitative estimate of drug-likeness (QED) is 0.834. The Kier molecular flexibility index (Phi) is 4.31. The highest BCUT2D eigenvalue weighted by Gasteiger charge is 2.40. The lowest BCUT2D eigenvalue weighted by molar-refractivity contribution is 0.274. The van der Waals surface area contributed by atoms with E-state index < -0.39 is 15.8 Å². The highest BCUT2D eigenvalue weighted by Crippen LogP contribution is 2.35. The molecule has 2 saturated carbocycles. The van der Waals surface area contributed by atoms with Crippen molar-refractivity contribution in [2.45, 2.75) is 55.9 Å². The van der Waals surface area contributed by atoms with Crippen LogP contribution in [0, 0.1) is 11.7 Å². The van der Waals surface area contributed by atoms with Gasteiger partial charge in [-0.05, 0) is 43.7 Å². The number of sulfonamides is 1. The van der Waals surface area contributed by atoms with E-state index in [1.54, 1.807) is 10.4 Å². The summed E-state index contributed by atoms with van der Waals surface area (Å²) < 4.78 is 41.1. The van der Waals surface area contributed by atoms with Crippen molar-refractivity contribution in [1.82, 2.24) is 4.31 Å². The van der Waals surface area contributed by atoms with Crippen LogP contribution < -0.4 is 0 Å². The summed E-state index contributed by atoms with van der Waals surface area (Å²) in [7, 11) is -3.71. The minimum Gasteiger partial charge on any atom is -0.207 e. The molecule has 5 heteroatoms. The molecule has 0 spiro atoms. The van der Waals surface area contributed by atoms with Gasteiger partial charge >= 0.3 is 0 Å². The van der Waals surface area contributed by atoms with E-state index in [1.807, 2.05) is 0 Å². The molecule has 3 rings (SSSR count). The van der Waals surface area contributed by atoms with Crippen molar-refractivity contribution < 1.29 is 12.8 Å². The molecular formula is C16H22FNO2S. The maximum absolute atomic E-state index is 13.9. The first-order valence-corrected chi connectivity index (χ1v) is 9.29. The van der Waals surface area contributed by atoms with E-state index in [-0.39, 0.29) is 10.9 Å². The zero-order valence-electron chi connectivity index (χ0n) is 12.2. The SMILES string of the molecule is O=S(=O)(c1ccccc1F)N(CC1CCCCC1)C1CC1. The molecule has 21 heavy (non-hydrogen) atoms. The van der Waals surface area contributed by atoms with Crippen LogP contribution in [0.1, 0.15) is 44.9 Å². The van der Waals surface area contributed by atoms with Crippen molar-refractivity contribution in [2.75, 3.05) is 6.54 Å². The van der Waals surface area contributed by atoms with E-state index in [1.165, 1.54) is 37.5 Å². The number of rotatable bonds is 5. The van der Waals surface area contributed by atoms with Crippen LogP contribution in [0.2, 0.25) is 0 Å². The fourth-order valence-corrected chi connectivity index (χ4v) is 5.04. The van der Waals surface area contributed by atoms with Gasteiger partial charge in [-0.15, -0.1) is 0 Å². The third-order valence-electron chi connectivity index (χ3n) is 4.54. The van der Waals surface area contributed by atoms with E-state index >= 15 is 0 Å². The van der Waals surface area contributed by atoms with Crippen molar-refractivity contribution in [3.05, 3.63) is 30.1 Å². The molecule has 1 aromatic carbocycles. The zero-order chi connectivity index (χ0) is 14.9. The third kappa shape index (κ3) is 3.29. The Morgan fingerprint density at radius 2 is 1.71 bits per heavy atom. The van der Waals surface area contributed by atoms with Crippen LogP contribution in [0.5, 0.6) is 0 Å². The second kappa shape index (κ2) is 6.05. The van der Waals surface area contributed by atoms with E-state index in [4.69, 9.17) is 0 Å². The molecule has 0 heterocycles. The molecule has 0 atom stereocenters. The van der Waals surface area contributed by atoms with Gasteiger partial charge in [-0.3, -0.25) is 0 Å². The van der Waals surface area contributed by atoms with Crippen molar-refractivity contribution in [3.8, 4) is 0 Å². The summed E-state index contributed by atoms with van der Waals surface area (Å²) in [5, 5.41) is 0. The normalized spacial score (nSPS) is 20.9. The van der Waals surface area contributed by atoms with Crippen molar-refractivity contribution >= 4 is 10.0 Å². The van der Waals surface area contributed by atoms with Gasteiger partial charge in [0.05, 0.1) is 0 Å². The van der Waals surface area contributed by atoms with Crippen LogP contribution in [-0.4, -0.2) is 25.3 Å². The van der Waals surface area contributed by atoms with Gasteiger partial charge < -0.3 is 0 Å². The molecule has 2 fully saturated rings. The molecule has 0 radical (unpaired) electrons. The van der Waals surface area contributed by atoms with Gasteiger partial charge in [0.1, 0.15) is 10.7 Å². The molecule has 0 amide bonds. The highest BCUT2D eigenvalue weighted by atomic mass is 32.2. The first-order valence-electron chi connectivity index (χ1n) is 7.85. The van der Waals surface area contributed by atoms with Gasteiger partial charge in [-0.25, -0.2) is 12.8 Å². The summed E-state index contributed by atoms with van der Waals surface area (Å²) in [4.78, 5) is -0.173. The summed E-state index contributed by atoms with van der Waals surface area (Å²) in [5.41, 5.74) is 0. The fraction of sp³-hybridized carbons (Fsp3) is 0.625. The van der Waals surface area contributed by atoms with Crippen LogP contribution in [0.15, 0.2) is 29.2 Å². The Hall–Kier alpha value is -0.940. The lowest BCUT2D eigenvalue weighted by atomic mass is 9.89. The van der Waals surface area contributed by atoms with Gasteiger partial charge in [0.25, 0.3) is 0 Å². The van der Waals surface area contributed by atoms with Crippen molar-refractivity contribution in [3.63, 3.8) is 0 Å². The Bertz CT molecular complexity index is 592. The van der Waals surface area contributed by atoms with Gasteiger partial charge in [-0.1, -0.05) is 31.4 Å². The van der Waals surface area contributed by atoms with Gasteiger partial charge in [-0.2, -0.15) is 4.31 Å². The summed E-state index contributed by atoms with van der Waals surface area (Å²) in [6.45, 7) is 0.557. The summed E-state index contributed by atoms with van der Waals surface area (Å²) >= 11 is 0. The number of hydrogen-bond donors (Lipinski definition) is 0. The molecule has 116 valence electrons. The number of halogens is 1. The molecule has 0 aromatic heterocycles. The second-order valence-electron chi connectivity index (χ2n) is 6.24. The Balaban J connectivity index is 1.84. The molecule has 0 N–H and O–H groups in total. The lowest BCUT2D eigenvalue weighted by Gasteiger charge is -2.29. The molecule has 0 aliphatic heterocycles. The van der Waals surface area contributed by atoms with Crippen LogP contribution in [0.25, 0.3) is 0 Å². The van der Waals surface area contributed by atoms with Crippen LogP contribution in [0.4, 0.5) is 4.39 Å². The zero-order valence-corrected chi connectivity index (χ0v) is 13.0. The minimum absolute atomic E-state index is 0.0801. The van der Waals surface area contributed by atoms with Gasteiger partial charge in [0, 0.05) is 12.6 Å². The smallest absolute Gasteiger partial charge is 0.207 e. The van der Waals surface area contributed by atoms with Crippen molar-refractivity contribution in [1.29, 1.82) is 0 Å². The lowest BCUT2D eigenvalue weighted by Crippen LogP contribution is -2.38. The highest BCUT2D eigenvalue weighted by molar-refractivity contribution is 7.89. The Labute approximate surface area is 126 Å². The summed E-state index contributed by atoms with van der Waals surface area (Å²) in [5.74, 6) is -0.215. The maximum Gasteiger partial charge on any atom is 0.246 e.